The van der Waals surface area contributed by atoms with Crippen molar-refractivity contribution < 1.29 is 8.78 Å². The van der Waals surface area contributed by atoms with Crippen molar-refractivity contribution in [1.29, 1.82) is 0 Å². The Kier molecular flexibility index (Phi) is 5.15. The van der Waals surface area contributed by atoms with Crippen LogP contribution in [0.4, 0.5) is 8.78 Å². The number of hydrogen-bond acceptors (Lipinski definition) is 2. The van der Waals surface area contributed by atoms with Crippen molar-refractivity contribution in [1.82, 2.24) is 5.32 Å². The number of nitrogens with one attached hydrogen (secondary N) is 1. The molecule has 2 aromatic carbocycles. The van der Waals surface area contributed by atoms with Crippen LogP contribution in [0.5, 0.6) is 0 Å². The summed E-state index contributed by atoms with van der Waals surface area (Å²) < 4.78 is 27.7. The molecule has 0 amide bonds. The highest BCUT2D eigenvalue weighted by Gasteiger charge is 2.11. The van der Waals surface area contributed by atoms with Crippen LogP contribution in [-0.2, 0) is 0 Å². The fourth-order valence-electron chi connectivity index (χ4n) is 1.94. The second-order valence-electron chi connectivity index (χ2n) is 4.50. The molecule has 0 heterocycles. The first-order valence-electron chi connectivity index (χ1n) is 6.57. The number of rotatable bonds is 5. The van der Waals surface area contributed by atoms with E-state index in [4.69, 9.17) is 0 Å². The van der Waals surface area contributed by atoms with E-state index in [2.05, 4.69) is 5.32 Å². The van der Waals surface area contributed by atoms with Gasteiger partial charge in [0, 0.05) is 15.8 Å². The van der Waals surface area contributed by atoms with Crippen LogP contribution in [-0.4, -0.2) is 6.54 Å². The molecule has 0 aromatic heterocycles. The van der Waals surface area contributed by atoms with Crippen LogP contribution in [0.3, 0.4) is 0 Å². The highest BCUT2D eigenvalue weighted by atomic mass is 32.2. The van der Waals surface area contributed by atoms with E-state index in [1.807, 2.05) is 19.9 Å². The van der Waals surface area contributed by atoms with E-state index in [0.29, 0.717) is 9.79 Å². The number of benzene rings is 2. The van der Waals surface area contributed by atoms with E-state index in [1.165, 1.54) is 12.1 Å². The van der Waals surface area contributed by atoms with E-state index in [9.17, 15) is 8.78 Å². The van der Waals surface area contributed by atoms with E-state index < -0.39 is 0 Å². The van der Waals surface area contributed by atoms with Gasteiger partial charge >= 0.3 is 0 Å². The predicted octanol–water partition coefficient (Wildman–Crippen LogP) is 4.79. The summed E-state index contributed by atoms with van der Waals surface area (Å²) in [5.74, 6) is -0.650. The summed E-state index contributed by atoms with van der Waals surface area (Å²) in [6.07, 6.45) is 0. The summed E-state index contributed by atoms with van der Waals surface area (Å²) >= 11 is 1.10. The zero-order valence-electron chi connectivity index (χ0n) is 11.5. The van der Waals surface area contributed by atoms with Gasteiger partial charge in [0.2, 0.25) is 0 Å². The maximum Gasteiger partial charge on any atom is 0.137 e. The van der Waals surface area contributed by atoms with Crippen LogP contribution in [0.15, 0.2) is 52.3 Å². The maximum absolute atomic E-state index is 14.1. The van der Waals surface area contributed by atoms with Gasteiger partial charge in [-0.1, -0.05) is 36.9 Å². The van der Waals surface area contributed by atoms with Crippen molar-refractivity contribution in [2.24, 2.45) is 0 Å². The standard InChI is InChI=1S/C16H17F2NS/c1-3-19-11(2)12-8-9-16(14(18)10-12)20-15-7-5-4-6-13(15)17/h4-11,19H,3H2,1-2H3. The fourth-order valence-corrected chi connectivity index (χ4v) is 2.78. The lowest BCUT2D eigenvalue weighted by molar-refractivity contribution is 0.571. The highest BCUT2D eigenvalue weighted by Crippen LogP contribution is 2.32. The third-order valence-corrected chi connectivity index (χ3v) is 4.12. The van der Waals surface area contributed by atoms with E-state index >= 15 is 0 Å². The summed E-state index contributed by atoms with van der Waals surface area (Å²) in [5.41, 5.74) is 0.891. The first-order chi connectivity index (χ1) is 9.61. The Labute approximate surface area is 122 Å². The number of halogens is 2. The largest absolute Gasteiger partial charge is 0.310 e. The van der Waals surface area contributed by atoms with Crippen molar-refractivity contribution in [3.05, 3.63) is 59.7 Å². The third kappa shape index (κ3) is 3.58. The van der Waals surface area contributed by atoms with Crippen LogP contribution >= 0.6 is 11.8 Å². The molecule has 2 rings (SSSR count). The average Bonchev–Trinajstić information content (AvgIpc) is 2.43. The van der Waals surface area contributed by atoms with Gasteiger partial charge in [-0.05, 0) is 43.3 Å². The highest BCUT2D eigenvalue weighted by molar-refractivity contribution is 7.99. The summed E-state index contributed by atoms with van der Waals surface area (Å²) in [6, 6.07) is 11.6. The quantitative estimate of drug-likeness (QED) is 0.851. The molecule has 0 radical (unpaired) electrons. The zero-order valence-corrected chi connectivity index (χ0v) is 12.3. The molecule has 1 nitrogen and oxygen atoms in total. The van der Waals surface area contributed by atoms with Crippen LogP contribution in [0.25, 0.3) is 0 Å². The smallest absolute Gasteiger partial charge is 0.137 e. The molecule has 0 saturated carbocycles. The molecule has 20 heavy (non-hydrogen) atoms. The third-order valence-electron chi connectivity index (χ3n) is 3.02. The van der Waals surface area contributed by atoms with Crippen LogP contribution in [0.2, 0.25) is 0 Å². The molecule has 0 aliphatic rings. The summed E-state index contributed by atoms with van der Waals surface area (Å²) in [7, 11) is 0. The fraction of sp³-hybridized carbons (Fsp3) is 0.250. The SMILES string of the molecule is CCNC(C)c1ccc(Sc2ccccc2F)c(F)c1. The van der Waals surface area contributed by atoms with Crippen LogP contribution < -0.4 is 5.32 Å². The van der Waals surface area contributed by atoms with Crippen molar-refractivity contribution in [2.45, 2.75) is 29.7 Å². The predicted molar refractivity (Wildman–Crippen MR) is 79.0 cm³/mol. The Morgan fingerprint density at radius 1 is 1.05 bits per heavy atom. The Balaban J connectivity index is 2.20. The molecule has 0 bridgehead atoms. The second kappa shape index (κ2) is 6.86. The molecule has 106 valence electrons. The second-order valence-corrected chi connectivity index (χ2v) is 5.59. The number of hydrogen-bond donors (Lipinski definition) is 1. The molecule has 1 unspecified atom stereocenters. The van der Waals surface area contributed by atoms with E-state index in [1.54, 1.807) is 24.3 Å². The van der Waals surface area contributed by atoms with Gasteiger partial charge in [-0.15, -0.1) is 0 Å². The summed E-state index contributed by atoms with van der Waals surface area (Å²) in [6.45, 7) is 4.83. The molecular weight excluding hydrogens is 276 g/mol. The molecule has 0 saturated heterocycles. The van der Waals surface area contributed by atoms with Gasteiger partial charge < -0.3 is 5.32 Å². The molecule has 0 aliphatic carbocycles. The van der Waals surface area contributed by atoms with Crippen molar-refractivity contribution in [3.8, 4) is 0 Å². The van der Waals surface area contributed by atoms with Crippen LogP contribution in [0.1, 0.15) is 25.5 Å². The molecule has 2 aromatic rings. The topological polar surface area (TPSA) is 12.0 Å². The lowest BCUT2D eigenvalue weighted by Gasteiger charge is -2.14. The molecular formula is C16H17F2NS. The molecule has 0 aliphatic heterocycles. The van der Waals surface area contributed by atoms with E-state index in [-0.39, 0.29) is 17.7 Å². The minimum Gasteiger partial charge on any atom is -0.310 e. The van der Waals surface area contributed by atoms with Crippen LogP contribution in [0, 0.1) is 11.6 Å². The molecule has 0 fully saturated rings. The van der Waals surface area contributed by atoms with Crippen molar-refractivity contribution in [2.75, 3.05) is 6.54 Å². The van der Waals surface area contributed by atoms with Crippen molar-refractivity contribution in [3.63, 3.8) is 0 Å². The Morgan fingerprint density at radius 2 is 1.75 bits per heavy atom. The monoisotopic (exact) mass is 293 g/mol. The molecule has 4 heteroatoms. The van der Waals surface area contributed by atoms with Gasteiger partial charge in [-0.2, -0.15) is 0 Å². The van der Waals surface area contributed by atoms with Gasteiger partial charge in [0.05, 0.1) is 0 Å². The van der Waals surface area contributed by atoms with Gasteiger partial charge in [0.15, 0.2) is 0 Å². The van der Waals surface area contributed by atoms with Gasteiger partial charge in [-0.3, -0.25) is 0 Å². The van der Waals surface area contributed by atoms with Gasteiger partial charge in [0.25, 0.3) is 0 Å². The van der Waals surface area contributed by atoms with E-state index in [0.717, 1.165) is 23.9 Å². The molecule has 1 N–H and O–H groups in total. The first kappa shape index (κ1) is 15.0. The first-order valence-corrected chi connectivity index (χ1v) is 7.38. The van der Waals surface area contributed by atoms with Crippen molar-refractivity contribution >= 4 is 11.8 Å². The zero-order chi connectivity index (χ0) is 14.5. The minimum absolute atomic E-state index is 0.0991. The Hall–Kier alpha value is -1.39. The molecule has 1 atom stereocenters. The Bertz CT molecular complexity index is 586. The normalized spacial score (nSPS) is 12.4. The lowest BCUT2D eigenvalue weighted by atomic mass is 10.1. The van der Waals surface area contributed by atoms with Gasteiger partial charge in [0.1, 0.15) is 11.6 Å². The molecule has 0 spiro atoms. The Morgan fingerprint density at radius 3 is 2.40 bits per heavy atom. The average molecular weight is 293 g/mol. The maximum atomic E-state index is 14.1. The summed E-state index contributed by atoms with van der Waals surface area (Å²) in [5, 5.41) is 3.23. The summed E-state index contributed by atoms with van der Waals surface area (Å²) in [4.78, 5) is 0.862. The lowest BCUT2D eigenvalue weighted by Crippen LogP contribution is -2.17. The minimum atomic E-state index is -0.331. The van der Waals surface area contributed by atoms with Gasteiger partial charge in [-0.25, -0.2) is 8.78 Å².